The van der Waals surface area contributed by atoms with Gasteiger partial charge in [0.1, 0.15) is 5.82 Å². The molecule has 0 spiro atoms. The topological polar surface area (TPSA) is 53.4 Å². The van der Waals surface area contributed by atoms with Gasteiger partial charge in [-0.05, 0) is 75.2 Å². The van der Waals surface area contributed by atoms with Gasteiger partial charge in [-0.2, -0.15) is 5.10 Å². The Morgan fingerprint density at radius 1 is 1.03 bits per heavy atom. The number of hydrogen-bond acceptors (Lipinski definition) is 4. The lowest BCUT2D eigenvalue weighted by Gasteiger charge is -2.37. The van der Waals surface area contributed by atoms with Crippen molar-refractivity contribution in [3.63, 3.8) is 0 Å². The van der Waals surface area contributed by atoms with Crippen LogP contribution in [0.25, 0.3) is 5.69 Å². The number of carbonyl (C=O) groups excluding carboxylic acids is 1. The maximum atomic E-state index is 14.0. The van der Waals surface area contributed by atoms with E-state index in [1.165, 1.54) is 28.9 Å². The number of halogens is 1. The van der Waals surface area contributed by atoms with Crippen LogP contribution in [0.2, 0.25) is 0 Å². The summed E-state index contributed by atoms with van der Waals surface area (Å²) in [5.74, 6) is -0.0706. The Balaban J connectivity index is 1.40. The van der Waals surface area contributed by atoms with E-state index in [9.17, 15) is 9.18 Å². The molecule has 2 fully saturated rings. The molecule has 0 atom stereocenters. The minimum atomic E-state index is -0.306. The smallest absolute Gasteiger partial charge is 0.257 e. The van der Waals surface area contributed by atoms with Crippen LogP contribution in [-0.4, -0.2) is 59.9 Å². The molecule has 34 heavy (non-hydrogen) atoms. The first-order chi connectivity index (χ1) is 16.5. The molecule has 178 valence electrons. The van der Waals surface area contributed by atoms with E-state index >= 15 is 0 Å². The number of rotatable bonds is 4. The molecule has 1 amide bonds. The number of aryl methyl sites for hydroxylation is 1. The van der Waals surface area contributed by atoms with Crippen molar-refractivity contribution in [3.8, 4) is 5.69 Å². The maximum Gasteiger partial charge on any atom is 0.257 e. The predicted octanol–water partition coefficient (Wildman–Crippen LogP) is 4.06. The normalized spacial score (nSPS) is 17.3. The third-order valence-electron chi connectivity index (χ3n) is 7.30. The van der Waals surface area contributed by atoms with Gasteiger partial charge in [0.2, 0.25) is 0 Å². The zero-order valence-corrected chi connectivity index (χ0v) is 19.9. The second kappa shape index (κ2) is 9.58. The van der Waals surface area contributed by atoms with E-state index in [4.69, 9.17) is 0 Å². The Kier molecular flexibility index (Phi) is 6.37. The first kappa shape index (κ1) is 22.6. The maximum absolute atomic E-state index is 14.0. The minimum Gasteiger partial charge on any atom is -0.368 e. The first-order valence-electron chi connectivity index (χ1n) is 12.2. The lowest BCUT2D eigenvalue weighted by atomic mass is 9.91. The Labute approximate surface area is 200 Å². The zero-order chi connectivity index (χ0) is 23.7. The molecular formula is C27H32FN5O. The summed E-state index contributed by atoms with van der Waals surface area (Å²) in [6.07, 6.45) is 3.55. The number of benzene rings is 2. The van der Waals surface area contributed by atoms with Crippen molar-refractivity contribution in [2.45, 2.75) is 32.6 Å². The number of nitrogens with one attached hydrogen (secondary N) is 1. The highest BCUT2D eigenvalue weighted by molar-refractivity contribution is 5.95. The number of nitrogens with zero attached hydrogens (tertiary/aromatic N) is 4. The molecule has 2 aliphatic heterocycles. The van der Waals surface area contributed by atoms with E-state index < -0.39 is 0 Å². The van der Waals surface area contributed by atoms with Crippen LogP contribution in [0, 0.1) is 19.7 Å². The van der Waals surface area contributed by atoms with Gasteiger partial charge in [0, 0.05) is 37.8 Å². The molecule has 2 aliphatic rings. The van der Waals surface area contributed by atoms with Gasteiger partial charge in [-0.25, -0.2) is 9.07 Å². The van der Waals surface area contributed by atoms with Crippen LogP contribution in [0.1, 0.15) is 45.9 Å². The average Bonchev–Trinajstić information content (AvgIpc) is 3.31. The predicted molar refractivity (Wildman–Crippen MR) is 132 cm³/mol. The largest absolute Gasteiger partial charge is 0.368 e. The van der Waals surface area contributed by atoms with Gasteiger partial charge in [0.25, 0.3) is 5.91 Å². The summed E-state index contributed by atoms with van der Waals surface area (Å²) in [6.45, 7) is 9.05. The summed E-state index contributed by atoms with van der Waals surface area (Å²) < 4.78 is 15.8. The van der Waals surface area contributed by atoms with Crippen LogP contribution in [0.3, 0.4) is 0 Å². The molecule has 2 saturated heterocycles. The monoisotopic (exact) mass is 461 g/mol. The van der Waals surface area contributed by atoms with Gasteiger partial charge in [-0.3, -0.25) is 4.79 Å². The third-order valence-corrected chi connectivity index (χ3v) is 7.30. The number of carbonyl (C=O) groups is 1. The van der Waals surface area contributed by atoms with E-state index in [2.05, 4.69) is 47.4 Å². The first-order valence-corrected chi connectivity index (χ1v) is 12.2. The Morgan fingerprint density at radius 2 is 1.76 bits per heavy atom. The quantitative estimate of drug-likeness (QED) is 0.637. The van der Waals surface area contributed by atoms with Gasteiger partial charge >= 0.3 is 0 Å². The number of anilines is 1. The number of piperidine rings is 1. The summed E-state index contributed by atoms with van der Waals surface area (Å²) in [6, 6.07) is 12.8. The molecule has 7 heteroatoms. The Hall–Kier alpha value is -3.19. The Bertz CT molecular complexity index is 1180. The van der Waals surface area contributed by atoms with Crippen LogP contribution in [0.5, 0.6) is 0 Å². The van der Waals surface area contributed by atoms with Crippen LogP contribution < -0.4 is 10.2 Å². The molecular weight excluding hydrogens is 429 g/mol. The van der Waals surface area contributed by atoms with E-state index in [-0.39, 0.29) is 17.6 Å². The van der Waals surface area contributed by atoms with Gasteiger partial charge in [0.15, 0.2) is 0 Å². The highest BCUT2D eigenvalue weighted by atomic mass is 19.1. The van der Waals surface area contributed by atoms with Crippen LogP contribution >= 0.6 is 0 Å². The Morgan fingerprint density at radius 3 is 2.50 bits per heavy atom. The van der Waals surface area contributed by atoms with E-state index in [1.807, 2.05) is 11.0 Å². The van der Waals surface area contributed by atoms with Crippen molar-refractivity contribution >= 4 is 11.6 Å². The number of amides is 1. The molecule has 0 radical (unpaired) electrons. The third kappa shape index (κ3) is 4.32. The second-order valence-electron chi connectivity index (χ2n) is 9.36. The highest BCUT2D eigenvalue weighted by Gasteiger charge is 2.31. The number of hydrogen-bond donors (Lipinski definition) is 1. The summed E-state index contributed by atoms with van der Waals surface area (Å²) in [4.78, 5) is 18.0. The van der Waals surface area contributed by atoms with Gasteiger partial charge in [-0.1, -0.05) is 18.2 Å². The van der Waals surface area contributed by atoms with Crippen molar-refractivity contribution in [3.05, 3.63) is 76.9 Å². The summed E-state index contributed by atoms with van der Waals surface area (Å²) in [5, 5.41) is 7.97. The van der Waals surface area contributed by atoms with Crippen LogP contribution in [0.15, 0.2) is 48.7 Å². The lowest BCUT2D eigenvalue weighted by Crippen LogP contribution is -2.49. The highest BCUT2D eigenvalue weighted by Crippen LogP contribution is 2.31. The van der Waals surface area contributed by atoms with Crippen molar-refractivity contribution in [1.82, 2.24) is 20.0 Å². The molecule has 6 nitrogen and oxygen atoms in total. The summed E-state index contributed by atoms with van der Waals surface area (Å²) in [7, 11) is 0. The zero-order valence-electron chi connectivity index (χ0n) is 19.9. The van der Waals surface area contributed by atoms with Crippen LogP contribution in [-0.2, 0) is 0 Å². The molecule has 1 N–H and O–H groups in total. The van der Waals surface area contributed by atoms with Crippen molar-refractivity contribution in [2.24, 2.45) is 0 Å². The van der Waals surface area contributed by atoms with Gasteiger partial charge in [-0.15, -0.1) is 0 Å². The average molecular weight is 462 g/mol. The van der Waals surface area contributed by atoms with Crippen molar-refractivity contribution in [2.75, 3.05) is 44.2 Å². The van der Waals surface area contributed by atoms with Gasteiger partial charge < -0.3 is 15.1 Å². The molecule has 0 bridgehead atoms. The molecule has 0 unspecified atom stereocenters. The van der Waals surface area contributed by atoms with E-state index in [0.29, 0.717) is 24.3 Å². The molecule has 5 rings (SSSR count). The molecule has 1 aromatic heterocycles. The molecule has 3 heterocycles. The fraction of sp³-hybridized carbons (Fsp3) is 0.407. The van der Waals surface area contributed by atoms with E-state index in [0.717, 1.165) is 44.7 Å². The SMILES string of the molecule is Cc1cccc(N2CCN(C(=O)c3cnn(-c4cccc(F)c4)c3C3CCNCC3)CC2)c1C. The summed E-state index contributed by atoms with van der Waals surface area (Å²) in [5.41, 5.74) is 6.05. The standard InChI is InChI=1S/C27H32FN5O/c1-19-5-3-8-25(20(19)2)31-13-15-32(16-14-31)27(34)24-18-30-33(23-7-4-6-22(28)17-23)26(24)21-9-11-29-12-10-21/h3-8,17-18,21,29H,9-16H2,1-2H3. The van der Waals surface area contributed by atoms with Crippen molar-refractivity contribution in [1.29, 1.82) is 0 Å². The number of aromatic nitrogens is 2. The molecule has 3 aromatic rings. The van der Waals surface area contributed by atoms with Crippen molar-refractivity contribution < 1.29 is 9.18 Å². The molecule has 2 aromatic carbocycles. The molecule has 0 saturated carbocycles. The molecule has 0 aliphatic carbocycles. The second-order valence-corrected chi connectivity index (χ2v) is 9.36. The number of piperazine rings is 1. The minimum absolute atomic E-state index is 0.0248. The van der Waals surface area contributed by atoms with E-state index in [1.54, 1.807) is 16.9 Å². The fourth-order valence-electron chi connectivity index (χ4n) is 5.22. The summed E-state index contributed by atoms with van der Waals surface area (Å²) >= 11 is 0. The van der Waals surface area contributed by atoms with Gasteiger partial charge in [0.05, 0.1) is 23.1 Å². The fourth-order valence-corrected chi connectivity index (χ4v) is 5.22. The lowest BCUT2D eigenvalue weighted by molar-refractivity contribution is 0.0744. The van der Waals surface area contributed by atoms with Crippen LogP contribution in [0.4, 0.5) is 10.1 Å².